The Morgan fingerprint density at radius 1 is 0.625 bits per heavy atom. The summed E-state index contributed by atoms with van der Waals surface area (Å²) in [4.78, 5) is 0. The van der Waals surface area contributed by atoms with E-state index in [1.807, 2.05) is 6.07 Å². The quantitative estimate of drug-likeness (QED) is 0.453. The van der Waals surface area contributed by atoms with Crippen LogP contribution in [0.5, 0.6) is 0 Å². The lowest BCUT2D eigenvalue weighted by atomic mass is 10.1. The first kappa shape index (κ1) is 18.5. The van der Waals surface area contributed by atoms with Gasteiger partial charge in [-0.05, 0) is 55.7 Å². The summed E-state index contributed by atoms with van der Waals surface area (Å²) in [6, 6.07) is 19.1. The fourth-order valence-corrected chi connectivity index (χ4v) is 2.51. The van der Waals surface area contributed by atoms with Crippen LogP contribution in [0, 0.1) is 0 Å². The van der Waals surface area contributed by atoms with E-state index in [1.54, 1.807) is 0 Å². The Kier molecular flexibility index (Phi) is 8.94. The SMILES string of the molecule is NCCCNCCNCCCNc1ccc(-c2ccccc2)cc1. The fraction of sp³-hybridized carbons (Fsp3) is 0.400. The van der Waals surface area contributed by atoms with Crippen molar-refractivity contribution >= 4 is 5.69 Å². The lowest BCUT2D eigenvalue weighted by Crippen LogP contribution is -2.29. The van der Waals surface area contributed by atoms with Crippen LogP contribution in [0.2, 0.25) is 0 Å². The summed E-state index contributed by atoms with van der Waals surface area (Å²) in [5.74, 6) is 0. The number of anilines is 1. The number of rotatable bonds is 12. The second kappa shape index (κ2) is 11.6. The molecule has 0 aromatic heterocycles. The minimum absolute atomic E-state index is 0.762. The molecule has 2 aromatic rings. The zero-order valence-electron chi connectivity index (χ0n) is 14.4. The monoisotopic (exact) mass is 326 g/mol. The van der Waals surface area contributed by atoms with Gasteiger partial charge >= 0.3 is 0 Å². The molecule has 2 aromatic carbocycles. The molecular formula is C20H30N4. The van der Waals surface area contributed by atoms with Gasteiger partial charge in [-0.3, -0.25) is 0 Å². The van der Waals surface area contributed by atoms with Gasteiger partial charge < -0.3 is 21.7 Å². The average molecular weight is 326 g/mol. The molecule has 5 N–H and O–H groups in total. The highest BCUT2D eigenvalue weighted by molar-refractivity contribution is 5.65. The highest BCUT2D eigenvalue weighted by atomic mass is 14.9. The van der Waals surface area contributed by atoms with E-state index < -0.39 is 0 Å². The van der Waals surface area contributed by atoms with E-state index in [4.69, 9.17) is 5.73 Å². The van der Waals surface area contributed by atoms with Gasteiger partial charge in [0.05, 0.1) is 0 Å². The maximum atomic E-state index is 5.45. The van der Waals surface area contributed by atoms with Crippen molar-refractivity contribution in [3.05, 3.63) is 54.6 Å². The Balaban J connectivity index is 1.55. The molecular weight excluding hydrogens is 296 g/mol. The Labute approximate surface area is 145 Å². The van der Waals surface area contributed by atoms with Crippen LogP contribution in [0.4, 0.5) is 5.69 Å². The van der Waals surface area contributed by atoms with Crippen LogP contribution >= 0.6 is 0 Å². The topological polar surface area (TPSA) is 62.1 Å². The normalized spacial score (nSPS) is 10.7. The van der Waals surface area contributed by atoms with E-state index in [-0.39, 0.29) is 0 Å². The Bertz CT molecular complexity index is 539. The van der Waals surface area contributed by atoms with Gasteiger partial charge in [0, 0.05) is 25.3 Å². The predicted octanol–water partition coefficient (Wildman–Crippen LogP) is 2.68. The molecule has 0 saturated carbocycles. The van der Waals surface area contributed by atoms with Crippen molar-refractivity contribution in [2.45, 2.75) is 12.8 Å². The van der Waals surface area contributed by atoms with Crippen molar-refractivity contribution in [2.75, 3.05) is 44.6 Å². The minimum Gasteiger partial charge on any atom is -0.385 e. The van der Waals surface area contributed by atoms with Gasteiger partial charge in [0.1, 0.15) is 0 Å². The first-order chi connectivity index (χ1) is 11.9. The maximum absolute atomic E-state index is 5.45. The van der Waals surface area contributed by atoms with E-state index in [9.17, 15) is 0 Å². The Morgan fingerprint density at radius 3 is 1.92 bits per heavy atom. The molecule has 0 aliphatic carbocycles. The second-order valence-electron chi connectivity index (χ2n) is 5.87. The third-order valence-corrected chi connectivity index (χ3v) is 3.89. The molecule has 130 valence electrons. The van der Waals surface area contributed by atoms with Crippen molar-refractivity contribution in [2.24, 2.45) is 5.73 Å². The predicted molar refractivity (Wildman–Crippen MR) is 104 cm³/mol. The van der Waals surface area contributed by atoms with Crippen LogP contribution in [-0.2, 0) is 0 Å². The van der Waals surface area contributed by atoms with E-state index in [1.165, 1.54) is 16.8 Å². The van der Waals surface area contributed by atoms with E-state index in [0.29, 0.717) is 0 Å². The number of hydrogen-bond donors (Lipinski definition) is 4. The first-order valence-corrected chi connectivity index (χ1v) is 8.91. The number of hydrogen-bond acceptors (Lipinski definition) is 4. The standard InChI is InChI=1S/C20H30N4/c21-12-4-13-22-16-17-23-14-5-15-24-20-10-8-19(9-11-20)18-6-2-1-3-7-18/h1-3,6-11,22-24H,4-5,12-17,21H2. The molecule has 0 spiro atoms. The molecule has 4 nitrogen and oxygen atoms in total. The summed E-state index contributed by atoms with van der Waals surface area (Å²) in [5, 5.41) is 10.3. The molecule has 0 heterocycles. The van der Waals surface area contributed by atoms with E-state index in [0.717, 1.165) is 52.1 Å². The summed E-state index contributed by atoms with van der Waals surface area (Å²) in [7, 11) is 0. The van der Waals surface area contributed by atoms with Gasteiger partial charge in [-0.25, -0.2) is 0 Å². The molecule has 4 heteroatoms. The first-order valence-electron chi connectivity index (χ1n) is 8.91. The maximum Gasteiger partial charge on any atom is 0.0340 e. The van der Waals surface area contributed by atoms with Gasteiger partial charge in [0.15, 0.2) is 0 Å². The van der Waals surface area contributed by atoms with E-state index >= 15 is 0 Å². The smallest absolute Gasteiger partial charge is 0.0340 e. The highest BCUT2D eigenvalue weighted by Gasteiger charge is 1.97. The average Bonchev–Trinajstić information content (AvgIpc) is 2.64. The van der Waals surface area contributed by atoms with Gasteiger partial charge in [0.25, 0.3) is 0 Å². The van der Waals surface area contributed by atoms with Gasteiger partial charge in [-0.2, -0.15) is 0 Å². The molecule has 0 amide bonds. The van der Waals surface area contributed by atoms with Crippen LogP contribution in [0.1, 0.15) is 12.8 Å². The van der Waals surface area contributed by atoms with Crippen LogP contribution < -0.4 is 21.7 Å². The lowest BCUT2D eigenvalue weighted by molar-refractivity contribution is 0.592. The summed E-state index contributed by atoms with van der Waals surface area (Å²) in [6.07, 6.45) is 2.16. The van der Waals surface area contributed by atoms with Crippen molar-refractivity contribution < 1.29 is 0 Å². The molecule has 24 heavy (non-hydrogen) atoms. The highest BCUT2D eigenvalue weighted by Crippen LogP contribution is 2.20. The summed E-state index contributed by atoms with van der Waals surface area (Å²) in [6.45, 7) is 5.81. The molecule has 0 unspecified atom stereocenters. The minimum atomic E-state index is 0.762. The third kappa shape index (κ3) is 7.13. The second-order valence-corrected chi connectivity index (χ2v) is 5.87. The molecule has 0 fully saturated rings. The zero-order valence-corrected chi connectivity index (χ0v) is 14.4. The van der Waals surface area contributed by atoms with Crippen LogP contribution in [0.15, 0.2) is 54.6 Å². The fourth-order valence-electron chi connectivity index (χ4n) is 2.51. The van der Waals surface area contributed by atoms with E-state index in [2.05, 4.69) is 64.5 Å². The van der Waals surface area contributed by atoms with Crippen LogP contribution in [0.3, 0.4) is 0 Å². The largest absolute Gasteiger partial charge is 0.385 e. The van der Waals surface area contributed by atoms with Crippen LogP contribution in [0.25, 0.3) is 11.1 Å². The molecule has 0 radical (unpaired) electrons. The summed E-state index contributed by atoms with van der Waals surface area (Å²) < 4.78 is 0. The molecule has 0 aliphatic heterocycles. The van der Waals surface area contributed by atoms with Crippen molar-refractivity contribution in [3.63, 3.8) is 0 Å². The van der Waals surface area contributed by atoms with Crippen molar-refractivity contribution in [1.29, 1.82) is 0 Å². The molecule has 0 saturated heterocycles. The summed E-state index contributed by atoms with van der Waals surface area (Å²) in [5.41, 5.74) is 9.14. The van der Waals surface area contributed by atoms with Crippen molar-refractivity contribution in [3.8, 4) is 11.1 Å². The van der Waals surface area contributed by atoms with Gasteiger partial charge in [0.2, 0.25) is 0 Å². The van der Waals surface area contributed by atoms with Crippen LogP contribution in [-0.4, -0.2) is 39.3 Å². The van der Waals surface area contributed by atoms with Gasteiger partial charge in [-0.1, -0.05) is 42.5 Å². The molecule has 0 aliphatic rings. The third-order valence-electron chi connectivity index (χ3n) is 3.89. The molecule has 0 bridgehead atoms. The lowest BCUT2D eigenvalue weighted by Gasteiger charge is -2.09. The molecule has 2 rings (SSSR count). The summed E-state index contributed by atoms with van der Waals surface area (Å²) >= 11 is 0. The number of nitrogens with two attached hydrogens (primary N) is 1. The molecule has 0 atom stereocenters. The number of nitrogens with one attached hydrogen (secondary N) is 3. The zero-order chi connectivity index (χ0) is 16.9. The number of benzene rings is 2. The van der Waals surface area contributed by atoms with Crippen molar-refractivity contribution in [1.82, 2.24) is 10.6 Å². The van der Waals surface area contributed by atoms with Gasteiger partial charge in [-0.15, -0.1) is 0 Å². The Hall–Kier alpha value is -1.88. The Morgan fingerprint density at radius 2 is 1.25 bits per heavy atom.